The van der Waals surface area contributed by atoms with Gasteiger partial charge in [0.2, 0.25) is 5.28 Å². The molecule has 0 aliphatic heterocycles. The lowest BCUT2D eigenvalue weighted by Gasteiger charge is -2.12. The van der Waals surface area contributed by atoms with Gasteiger partial charge >= 0.3 is 0 Å². The summed E-state index contributed by atoms with van der Waals surface area (Å²) >= 11 is 11.5. The molecule has 1 aromatic heterocycles. The molecule has 0 radical (unpaired) electrons. The highest BCUT2D eigenvalue weighted by Gasteiger charge is 2.06. The summed E-state index contributed by atoms with van der Waals surface area (Å²) in [5.41, 5.74) is 0. The van der Waals surface area contributed by atoms with Gasteiger partial charge in [0.15, 0.2) is 0 Å². The molecule has 1 N–H and O–H groups in total. The highest BCUT2D eigenvalue weighted by molar-refractivity contribution is 6.33. The van der Waals surface area contributed by atoms with Gasteiger partial charge in [-0.05, 0) is 24.9 Å². The SMILES string of the molecule is CCC(C)Nc1nc(Cl)ncc1Cl. The molecule has 1 heterocycles. The van der Waals surface area contributed by atoms with E-state index >= 15 is 0 Å². The van der Waals surface area contributed by atoms with Gasteiger partial charge in [-0.2, -0.15) is 4.98 Å². The summed E-state index contributed by atoms with van der Waals surface area (Å²) in [6.45, 7) is 4.13. The molecule has 0 spiro atoms. The van der Waals surface area contributed by atoms with Crippen LogP contribution in [0.15, 0.2) is 6.20 Å². The van der Waals surface area contributed by atoms with Crippen molar-refractivity contribution < 1.29 is 0 Å². The van der Waals surface area contributed by atoms with Crippen LogP contribution in [0.3, 0.4) is 0 Å². The molecule has 0 bridgehead atoms. The normalized spacial score (nSPS) is 12.6. The number of nitrogens with one attached hydrogen (secondary N) is 1. The van der Waals surface area contributed by atoms with Gasteiger partial charge < -0.3 is 5.32 Å². The van der Waals surface area contributed by atoms with Crippen molar-refractivity contribution in [3.05, 3.63) is 16.5 Å². The average molecular weight is 220 g/mol. The minimum Gasteiger partial charge on any atom is -0.366 e. The quantitative estimate of drug-likeness (QED) is 0.795. The van der Waals surface area contributed by atoms with Crippen molar-refractivity contribution in [3.63, 3.8) is 0 Å². The minimum absolute atomic E-state index is 0.204. The molecule has 3 nitrogen and oxygen atoms in total. The second kappa shape index (κ2) is 4.63. The Morgan fingerprint density at radius 1 is 1.54 bits per heavy atom. The smallest absolute Gasteiger partial charge is 0.224 e. The van der Waals surface area contributed by atoms with Gasteiger partial charge in [-0.1, -0.05) is 18.5 Å². The van der Waals surface area contributed by atoms with Crippen molar-refractivity contribution >= 4 is 29.0 Å². The maximum atomic E-state index is 5.85. The fourth-order valence-electron chi connectivity index (χ4n) is 0.782. The molecule has 72 valence electrons. The van der Waals surface area contributed by atoms with E-state index in [4.69, 9.17) is 23.2 Å². The first-order valence-electron chi connectivity index (χ1n) is 4.08. The van der Waals surface area contributed by atoms with Crippen LogP contribution in [-0.2, 0) is 0 Å². The Hall–Kier alpha value is -0.540. The Labute approximate surface area is 87.5 Å². The summed E-state index contributed by atoms with van der Waals surface area (Å²) in [5.74, 6) is 0.594. The molecule has 0 amide bonds. The van der Waals surface area contributed by atoms with E-state index in [2.05, 4.69) is 22.2 Å². The van der Waals surface area contributed by atoms with Crippen LogP contribution in [0.5, 0.6) is 0 Å². The van der Waals surface area contributed by atoms with Crippen molar-refractivity contribution in [1.29, 1.82) is 0 Å². The number of aromatic nitrogens is 2. The first-order chi connectivity index (χ1) is 6.13. The molecule has 0 fully saturated rings. The van der Waals surface area contributed by atoms with Crippen molar-refractivity contribution in [2.24, 2.45) is 0 Å². The predicted molar refractivity (Wildman–Crippen MR) is 55.4 cm³/mol. The molecule has 1 rings (SSSR count). The van der Waals surface area contributed by atoms with E-state index in [-0.39, 0.29) is 5.28 Å². The van der Waals surface area contributed by atoms with E-state index in [0.29, 0.717) is 16.9 Å². The third kappa shape index (κ3) is 3.01. The fraction of sp³-hybridized carbons (Fsp3) is 0.500. The summed E-state index contributed by atoms with van der Waals surface area (Å²) < 4.78 is 0. The number of anilines is 1. The monoisotopic (exact) mass is 219 g/mol. The summed E-state index contributed by atoms with van der Waals surface area (Å²) in [6.07, 6.45) is 2.49. The summed E-state index contributed by atoms with van der Waals surface area (Å²) in [7, 11) is 0. The zero-order valence-corrected chi connectivity index (χ0v) is 9.02. The second-order valence-corrected chi connectivity index (χ2v) is 3.53. The fourth-order valence-corrected chi connectivity index (χ4v) is 1.06. The van der Waals surface area contributed by atoms with Gasteiger partial charge in [-0.3, -0.25) is 0 Å². The molecule has 13 heavy (non-hydrogen) atoms. The number of hydrogen-bond acceptors (Lipinski definition) is 3. The molecular formula is C8H11Cl2N3. The molecule has 5 heteroatoms. The Morgan fingerprint density at radius 2 is 2.23 bits per heavy atom. The topological polar surface area (TPSA) is 37.8 Å². The molecule has 0 aliphatic rings. The summed E-state index contributed by atoms with van der Waals surface area (Å²) in [5, 5.41) is 3.83. The number of halogens is 2. The van der Waals surface area contributed by atoms with Crippen molar-refractivity contribution in [1.82, 2.24) is 9.97 Å². The van der Waals surface area contributed by atoms with Gasteiger partial charge in [0.05, 0.1) is 6.20 Å². The maximum Gasteiger partial charge on any atom is 0.224 e. The van der Waals surface area contributed by atoms with Crippen molar-refractivity contribution in [3.8, 4) is 0 Å². The van der Waals surface area contributed by atoms with Gasteiger partial charge in [0.25, 0.3) is 0 Å². The van der Waals surface area contributed by atoms with Crippen LogP contribution in [0, 0.1) is 0 Å². The first kappa shape index (κ1) is 10.5. The molecule has 1 unspecified atom stereocenters. The van der Waals surface area contributed by atoms with Crippen LogP contribution in [-0.4, -0.2) is 16.0 Å². The predicted octanol–water partition coefficient (Wildman–Crippen LogP) is 2.99. The molecule has 1 aromatic rings. The molecule has 0 aliphatic carbocycles. The van der Waals surface area contributed by atoms with E-state index in [1.54, 1.807) is 0 Å². The molecule has 0 saturated heterocycles. The van der Waals surface area contributed by atoms with Crippen LogP contribution >= 0.6 is 23.2 Å². The number of rotatable bonds is 3. The Bertz CT molecular complexity index is 291. The highest BCUT2D eigenvalue weighted by Crippen LogP contribution is 2.20. The van der Waals surface area contributed by atoms with E-state index in [9.17, 15) is 0 Å². The zero-order valence-electron chi connectivity index (χ0n) is 7.51. The lowest BCUT2D eigenvalue weighted by atomic mass is 10.2. The van der Waals surface area contributed by atoms with Crippen LogP contribution < -0.4 is 5.32 Å². The van der Waals surface area contributed by atoms with Gasteiger partial charge in [0.1, 0.15) is 10.8 Å². The van der Waals surface area contributed by atoms with Crippen LogP contribution in [0.1, 0.15) is 20.3 Å². The average Bonchev–Trinajstić information content (AvgIpc) is 2.11. The molecule has 1 atom stereocenters. The minimum atomic E-state index is 0.204. The number of nitrogens with zero attached hydrogens (tertiary/aromatic N) is 2. The van der Waals surface area contributed by atoms with Crippen LogP contribution in [0.4, 0.5) is 5.82 Å². The Balaban J connectivity index is 2.81. The summed E-state index contributed by atoms with van der Waals surface area (Å²) in [4.78, 5) is 7.73. The van der Waals surface area contributed by atoms with Gasteiger partial charge in [0, 0.05) is 6.04 Å². The third-order valence-corrected chi connectivity index (χ3v) is 2.17. The largest absolute Gasteiger partial charge is 0.366 e. The van der Waals surface area contributed by atoms with E-state index in [1.165, 1.54) is 6.20 Å². The van der Waals surface area contributed by atoms with E-state index in [0.717, 1.165) is 6.42 Å². The van der Waals surface area contributed by atoms with Crippen molar-refractivity contribution in [2.45, 2.75) is 26.3 Å². The Kier molecular flexibility index (Phi) is 3.75. The first-order valence-corrected chi connectivity index (χ1v) is 4.83. The highest BCUT2D eigenvalue weighted by atomic mass is 35.5. The van der Waals surface area contributed by atoms with E-state index < -0.39 is 0 Å². The molecule has 0 aromatic carbocycles. The Morgan fingerprint density at radius 3 is 2.85 bits per heavy atom. The number of hydrogen-bond donors (Lipinski definition) is 1. The van der Waals surface area contributed by atoms with Crippen LogP contribution in [0.2, 0.25) is 10.3 Å². The van der Waals surface area contributed by atoms with Crippen LogP contribution in [0.25, 0.3) is 0 Å². The van der Waals surface area contributed by atoms with Crippen molar-refractivity contribution in [2.75, 3.05) is 5.32 Å². The van der Waals surface area contributed by atoms with Gasteiger partial charge in [-0.15, -0.1) is 0 Å². The molecule has 0 saturated carbocycles. The maximum absolute atomic E-state index is 5.85. The molecular weight excluding hydrogens is 209 g/mol. The summed E-state index contributed by atoms with van der Waals surface area (Å²) in [6, 6.07) is 0.323. The standard InChI is InChI=1S/C8H11Cl2N3/c1-3-5(2)12-7-6(9)4-11-8(10)13-7/h4-5H,3H2,1-2H3,(H,11,12,13). The lowest BCUT2D eigenvalue weighted by Crippen LogP contribution is -2.15. The zero-order chi connectivity index (χ0) is 9.84. The second-order valence-electron chi connectivity index (χ2n) is 2.79. The third-order valence-electron chi connectivity index (χ3n) is 1.71. The van der Waals surface area contributed by atoms with E-state index in [1.807, 2.05) is 6.92 Å². The lowest BCUT2D eigenvalue weighted by molar-refractivity contribution is 0.758. The van der Waals surface area contributed by atoms with Gasteiger partial charge in [-0.25, -0.2) is 4.98 Å².